The first-order chi connectivity index (χ1) is 17.7. The third-order valence-corrected chi connectivity index (χ3v) is 9.05. The molecule has 0 amide bonds. The summed E-state index contributed by atoms with van der Waals surface area (Å²) in [4.78, 5) is 5.40. The van der Waals surface area contributed by atoms with E-state index in [-0.39, 0.29) is 0 Å². The van der Waals surface area contributed by atoms with Crippen LogP contribution in [0.25, 0.3) is 0 Å². The second-order valence-corrected chi connectivity index (χ2v) is 11.8. The molecule has 3 heteroatoms. The number of aryl methyl sites for hydroxylation is 2. The van der Waals surface area contributed by atoms with E-state index in [2.05, 4.69) is 60.0 Å². The van der Waals surface area contributed by atoms with E-state index >= 15 is 0 Å². The van der Waals surface area contributed by atoms with Gasteiger partial charge in [0.25, 0.3) is 0 Å². The van der Waals surface area contributed by atoms with E-state index in [9.17, 15) is 0 Å². The molecule has 3 nitrogen and oxygen atoms in total. The van der Waals surface area contributed by atoms with Crippen molar-refractivity contribution < 1.29 is 4.74 Å². The molecule has 2 fully saturated rings. The maximum atomic E-state index is 6.32. The van der Waals surface area contributed by atoms with Gasteiger partial charge in [0.15, 0.2) is 0 Å². The summed E-state index contributed by atoms with van der Waals surface area (Å²) in [7, 11) is 0. The van der Waals surface area contributed by atoms with E-state index in [1.807, 2.05) is 0 Å². The number of benzene rings is 2. The van der Waals surface area contributed by atoms with Gasteiger partial charge >= 0.3 is 0 Å². The molecule has 0 spiro atoms. The van der Waals surface area contributed by atoms with Gasteiger partial charge in [0.2, 0.25) is 0 Å². The van der Waals surface area contributed by atoms with Crippen molar-refractivity contribution in [2.24, 2.45) is 0 Å². The van der Waals surface area contributed by atoms with Gasteiger partial charge in [0.05, 0.1) is 0 Å². The highest BCUT2D eigenvalue weighted by atomic mass is 16.5. The quantitative estimate of drug-likeness (QED) is 0.290. The van der Waals surface area contributed by atoms with Crippen molar-refractivity contribution in [1.82, 2.24) is 9.80 Å². The minimum absolute atomic E-state index is 0.722. The Kier molecular flexibility index (Phi) is 9.03. The Hall–Kier alpha value is -1.84. The van der Waals surface area contributed by atoms with Crippen LogP contribution in [0.2, 0.25) is 0 Å². The van der Waals surface area contributed by atoms with Gasteiger partial charge in [-0.25, -0.2) is 0 Å². The molecule has 3 aliphatic rings. The number of rotatable bonds is 10. The zero-order valence-electron chi connectivity index (χ0n) is 22.9. The van der Waals surface area contributed by atoms with Gasteiger partial charge in [-0.1, -0.05) is 37.1 Å². The fourth-order valence-electron chi connectivity index (χ4n) is 6.66. The lowest BCUT2D eigenvalue weighted by molar-refractivity contribution is 0.165. The van der Waals surface area contributed by atoms with Crippen molar-refractivity contribution in [2.45, 2.75) is 109 Å². The predicted octanol–water partition coefficient (Wildman–Crippen LogP) is 7.78. The molecule has 0 aliphatic carbocycles. The monoisotopic (exact) mass is 488 g/mol. The summed E-state index contributed by atoms with van der Waals surface area (Å²) in [5, 5.41) is 0. The third kappa shape index (κ3) is 6.72. The van der Waals surface area contributed by atoms with E-state index in [1.165, 1.54) is 125 Å². The molecular weight excluding hydrogens is 440 g/mol. The summed E-state index contributed by atoms with van der Waals surface area (Å²) in [6.45, 7) is 10.1. The average molecular weight is 489 g/mol. The fraction of sp³-hybridized carbons (Fsp3) is 0.636. The molecule has 0 saturated carbocycles. The lowest BCUT2D eigenvalue weighted by atomic mass is 9.94. The Morgan fingerprint density at radius 3 is 1.53 bits per heavy atom. The van der Waals surface area contributed by atoms with Crippen LogP contribution in [0, 0.1) is 0 Å². The Morgan fingerprint density at radius 1 is 0.639 bits per heavy atom. The number of hydrogen-bond acceptors (Lipinski definition) is 3. The second-order valence-electron chi connectivity index (χ2n) is 11.8. The number of nitrogens with zero attached hydrogens (tertiary/aromatic N) is 2. The zero-order chi connectivity index (χ0) is 24.7. The summed E-state index contributed by atoms with van der Waals surface area (Å²) >= 11 is 0. The summed E-state index contributed by atoms with van der Waals surface area (Å²) in [6, 6.07) is 15.3. The van der Waals surface area contributed by atoms with Crippen molar-refractivity contribution in [3.8, 4) is 11.5 Å². The molecule has 196 valence electrons. The molecule has 36 heavy (non-hydrogen) atoms. The van der Waals surface area contributed by atoms with E-state index in [0.717, 1.165) is 30.0 Å². The molecule has 3 aliphatic heterocycles. The van der Waals surface area contributed by atoms with Crippen LogP contribution in [0.5, 0.6) is 11.5 Å². The van der Waals surface area contributed by atoms with E-state index < -0.39 is 0 Å². The topological polar surface area (TPSA) is 15.7 Å². The molecule has 2 unspecified atom stereocenters. The smallest absolute Gasteiger partial charge is 0.130 e. The molecule has 2 saturated heterocycles. The standard InChI is InChI=1S/C33H48N2O/c1-26(34-19-5-3-6-20-34)11-9-13-28-15-17-32-30(23-28)25-31-24-29(16-18-33(31)36-32)14-10-12-27(2)35-21-7-4-8-22-35/h15-18,23-24,26-27H,3-14,19-22,25H2,1-2H3. The second kappa shape index (κ2) is 12.6. The van der Waals surface area contributed by atoms with E-state index in [4.69, 9.17) is 4.74 Å². The molecule has 0 radical (unpaired) electrons. The summed E-state index contributed by atoms with van der Waals surface area (Å²) in [5.74, 6) is 2.10. The van der Waals surface area contributed by atoms with Crippen LogP contribution < -0.4 is 4.74 Å². The summed E-state index contributed by atoms with van der Waals surface area (Å²) in [6.07, 6.45) is 16.9. The van der Waals surface area contributed by atoms with Crippen molar-refractivity contribution in [1.29, 1.82) is 0 Å². The highest BCUT2D eigenvalue weighted by Gasteiger charge is 2.20. The van der Waals surface area contributed by atoms with Crippen LogP contribution in [0.1, 0.15) is 100 Å². The van der Waals surface area contributed by atoms with Crippen LogP contribution in [0.4, 0.5) is 0 Å². The first-order valence-corrected chi connectivity index (χ1v) is 15.1. The molecule has 2 aromatic carbocycles. The first-order valence-electron chi connectivity index (χ1n) is 15.1. The highest BCUT2D eigenvalue weighted by molar-refractivity contribution is 5.51. The number of fused-ring (bicyclic) bond motifs is 2. The molecule has 0 N–H and O–H groups in total. The van der Waals surface area contributed by atoms with Gasteiger partial charge < -0.3 is 14.5 Å². The van der Waals surface area contributed by atoms with Crippen molar-refractivity contribution in [2.75, 3.05) is 26.2 Å². The molecule has 5 rings (SSSR count). The summed E-state index contributed by atoms with van der Waals surface area (Å²) in [5.41, 5.74) is 5.66. The average Bonchev–Trinajstić information content (AvgIpc) is 2.92. The number of likely N-dealkylation sites (tertiary alicyclic amines) is 2. The third-order valence-electron chi connectivity index (χ3n) is 9.05. The lowest BCUT2D eigenvalue weighted by Gasteiger charge is -2.32. The Balaban J connectivity index is 1.11. The maximum absolute atomic E-state index is 6.32. The highest BCUT2D eigenvalue weighted by Crippen LogP contribution is 2.37. The fourth-order valence-corrected chi connectivity index (χ4v) is 6.66. The van der Waals surface area contributed by atoms with Gasteiger partial charge in [-0.15, -0.1) is 0 Å². The van der Waals surface area contributed by atoms with Gasteiger partial charge in [-0.3, -0.25) is 0 Å². The Morgan fingerprint density at radius 2 is 1.08 bits per heavy atom. The minimum Gasteiger partial charge on any atom is -0.457 e. The van der Waals surface area contributed by atoms with Crippen LogP contribution >= 0.6 is 0 Å². The maximum Gasteiger partial charge on any atom is 0.130 e. The molecule has 3 heterocycles. The zero-order valence-corrected chi connectivity index (χ0v) is 22.9. The van der Waals surface area contributed by atoms with Gasteiger partial charge in [-0.05, 0) is 139 Å². The Labute approximate surface area is 220 Å². The minimum atomic E-state index is 0.722. The Bertz CT molecular complexity index is 896. The van der Waals surface area contributed by atoms with Crippen molar-refractivity contribution in [3.63, 3.8) is 0 Å². The van der Waals surface area contributed by atoms with E-state index in [0.29, 0.717) is 0 Å². The predicted molar refractivity (Wildman–Crippen MR) is 151 cm³/mol. The molecule has 2 aromatic rings. The van der Waals surface area contributed by atoms with Crippen LogP contribution in [0.3, 0.4) is 0 Å². The van der Waals surface area contributed by atoms with E-state index in [1.54, 1.807) is 0 Å². The van der Waals surface area contributed by atoms with Crippen LogP contribution in [0.15, 0.2) is 36.4 Å². The largest absolute Gasteiger partial charge is 0.457 e. The molecule has 2 atom stereocenters. The van der Waals surface area contributed by atoms with Gasteiger partial charge in [-0.2, -0.15) is 0 Å². The normalized spacial score (nSPS) is 20.3. The number of hydrogen-bond donors (Lipinski definition) is 0. The van der Waals surface area contributed by atoms with Crippen molar-refractivity contribution in [3.05, 3.63) is 58.7 Å². The number of piperidine rings is 2. The first kappa shape index (κ1) is 25.8. The SMILES string of the molecule is CC(CCCc1ccc2c(c1)Cc1cc(CCCC(C)N3CCCCC3)ccc1O2)N1CCCCC1. The molecule has 0 bridgehead atoms. The van der Waals surface area contributed by atoms with Gasteiger partial charge in [0, 0.05) is 18.5 Å². The van der Waals surface area contributed by atoms with Crippen molar-refractivity contribution >= 4 is 0 Å². The van der Waals surface area contributed by atoms with Gasteiger partial charge in [0.1, 0.15) is 11.5 Å². The van der Waals surface area contributed by atoms with Crippen LogP contribution in [-0.4, -0.2) is 48.1 Å². The summed E-state index contributed by atoms with van der Waals surface area (Å²) < 4.78 is 6.32. The lowest BCUT2D eigenvalue weighted by Crippen LogP contribution is -2.37. The molecule has 0 aromatic heterocycles. The number of ether oxygens (including phenoxy) is 1. The van der Waals surface area contributed by atoms with Crippen LogP contribution in [-0.2, 0) is 19.3 Å². The molecular formula is C33H48N2O.